The number of nitrogens with zero attached hydrogens (tertiary/aromatic N) is 3. The molecule has 2 aromatic rings. The minimum atomic E-state index is 0.668. The summed E-state index contributed by atoms with van der Waals surface area (Å²) in [6.45, 7) is 9.59. The summed E-state index contributed by atoms with van der Waals surface area (Å²) in [4.78, 5) is 11.4. The molecule has 0 aliphatic carbocycles. The Morgan fingerprint density at radius 2 is 1.88 bits per heavy atom. The minimum Gasteiger partial charge on any atom is -0.379 e. The minimum absolute atomic E-state index is 0.668. The number of aryl methyl sites for hydroxylation is 2. The molecule has 6 heteroatoms. The van der Waals surface area contributed by atoms with E-state index in [1.807, 2.05) is 13.0 Å². The summed E-state index contributed by atoms with van der Waals surface area (Å²) in [7, 11) is 0. The lowest BCUT2D eigenvalue weighted by Gasteiger charge is -2.26. The first-order chi connectivity index (χ1) is 12.2. The predicted octanol–water partition coefficient (Wildman–Crippen LogP) is 2.84. The first-order valence-electron chi connectivity index (χ1n) is 8.98. The lowest BCUT2D eigenvalue weighted by molar-refractivity contribution is 0.0398. The van der Waals surface area contributed by atoms with Gasteiger partial charge in [-0.2, -0.15) is 4.98 Å². The highest BCUT2D eigenvalue weighted by Crippen LogP contribution is 2.17. The molecule has 6 nitrogen and oxygen atoms in total. The maximum atomic E-state index is 5.37. The first-order valence-corrected chi connectivity index (χ1v) is 8.98. The molecule has 1 saturated heterocycles. The highest BCUT2D eigenvalue weighted by molar-refractivity contribution is 5.57. The third-order valence-electron chi connectivity index (χ3n) is 4.30. The van der Waals surface area contributed by atoms with Crippen LogP contribution in [0.3, 0.4) is 0 Å². The van der Waals surface area contributed by atoms with Crippen molar-refractivity contribution in [2.75, 3.05) is 50.0 Å². The van der Waals surface area contributed by atoms with Crippen molar-refractivity contribution >= 4 is 17.5 Å². The number of anilines is 3. The van der Waals surface area contributed by atoms with Crippen LogP contribution in [0.5, 0.6) is 0 Å². The molecule has 0 unspecified atom stereocenters. The molecule has 0 bridgehead atoms. The number of hydrogen-bond donors (Lipinski definition) is 2. The van der Waals surface area contributed by atoms with E-state index in [1.165, 1.54) is 5.56 Å². The zero-order chi connectivity index (χ0) is 17.5. The van der Waals surface area contributed by atoms with Crippen LogP contribution in [0.4, 0.5) is 17.5 Å². The van der Waals surface area contributed by atoms with Gasteiger partial charge < -0.3 is 15.4 Å². The zero-order valence-electron chi connectivity index (χ0n) is 15.1. The van der Waals surface area contributed by atoms with Crippen LogP contribution in [0.2, 0.25) is 0 Å². The average Bonchev–Trinajstić information content (AvgIpc) is 2.63. The van der Waals surface area contributed by atoms with E-state index < -0.39 is 0 Å². The number of benzene rings is 1. The van der Waals surface area contributed by atoms with Gasteiger partial charge in [-0.3, -0.25) is 4.90 Å². The number of ether oxygens (including phenoxy) is 1. The number of rotatable bonds is 7. The molecule has 134 valence electrons. The third kappa shape index (κ3) is 5.41. The van der Waals surface area contributed by atoms with E-state index in [4.69, 9.17) is 4.74 Å². The molecular formula is C19H27N5O. The maximum absolute atomic E-state index is 5.37. The van der Waals surface area contributed by atoms with Gasteiger partial charge in [0.25, 0.3) is 0 Å². The Bertz CT molecular complexity index is 668. The second kappa shape index (κ2) is 8.78. The topological polar surface area (TPSA) is 62.3 Å². The Labute approximate surface area is 149 Å². The van der Waals surface area contributed by atoms with E-state index >= 15 is 0 Å². The van der Waals surface area contributed by atoms with E-state index in [-0.39, 0.29) is 0 Å². The average molecular weight is 341 g/mol. The van der Waals surface area contributed by atoms with Crippen LogP contribution >= 0.6 is 0 Å². The molecule has 0 spiro atoms. The Hall–Kier alpha value is -2.18. The Balaban J connectivity index is 1.57. The lowest BCUT2D eigenvalue weighted by Crippen LogP contribution is -2.39. The molecule has 1 fully saturated rings. The molecule has 25 heavy (non-hydrogen) atoms. The zero-order valence-corrected chi connectivity index (χ0v) is 15.1. The van der Waals surface area contributed by atoms with Crippen molar-refractivity contribution in [1.82, 2.24) is 14.9 Å². The normalized spacial score (nSPS) is 15.1. The largest absolute Gasteiger partial charge is 0.379 e. The fourth-order valence-electron chi connectivity index (χ4n) is 2.83. The summed E-state index contributed by atoms with van der Waals surface area (Å²) in [6, 6.07) is 10.4. The number of hydrogen-bond acceptors (Lipinski definition) is 6. The van der Waals surface area contributed by atoms with Crippen LogP contribution in [-0.4, -0.2) is 54.3 Å². The van der Waals surface area contributed by atoms with Crippen LogP contribution < -0.4 is 10.6 Å². The Morgan fingerprint density at radius 1 is 1.12 bits per heavy atom. The van der Waals surface area contributed by atoms with Gasteiger partial charge in [-0.1, -0.05) is 19.1 Å². The summed E-state index contributed by atoms with van der Waals surface area (Å²) in [6.07, 6.45) is 1.05. The molecule has 2 N–H and O–H groups in total. The summed E-state index contributed by atoms with van der Waals surface area (Å²) >= 11 is 0. The molecule has 2 heterocycles. The molecule has 1 aliphatic heterocycles. The van der Waals surface area contributed by atoms with Gasteiger partial charge in [0.05, 0.1) is 13.2 Å². The van der Waals surface area contributed by atoms with Gasteiger partial charge in [-0.05, 0) is 31.0 Å². The van der Waals surface area contributed by atoms with Gasteiger partial charge in [0, 0.05) is 43.6 Å². The van der Waals surface area contributed by atoms with Gasteiger partial charge in [0.15, 0.2) is 0 Å². The van der Waals surface area contributed by atoms with Crippen LogP contribution in [0.15, 0.2) is 30.3 Å². The molecule has 0 saturated carbocycles. The van der Waals surface area contributed by atoms with Crippen LogP contribution in [-0.2, 0) is 11.2 Å². The second-order valence-corrected chi connectivity index (χ2v) is 6.27. The molecule has 3 rings (SSSR count). The van der Waals surface area contributed by atoms with Gasteiger partial charge in [-0.15, -0.1) is 0 Å². The highest BCUT2D eigenvalue weighted by atomic mass is 16.5. The standard InChI is InChI=1S/C19H27N5O/c1-3-16-4-6-17(7-5-16)22-18-14-15(2)21-19(23-18)20-8-9-24-10-12-25-13-11-24/h4-7,14H,3,8-13H2,1-2H3,(H2,20,21,22,23). The van der Waals surface area contributed by atoms with Crippen molar-refractivity contribution in [3.05, 3.63) is 41.6 Å². The van der Waals surface area contributed by atoms with Crippen molar-refractivity contribution in [2.45, 2.75) is 20.3 Å². The van der Waals surface area contributed by atoms with E-state index in [9.17, 15) is 0 Å². The lowest BCUT2D eigenvalue weighted by atomic mass is 10.1. The van der Waals surface area contributed by atoms with E-state index in [2.05, 4.69) is 56.7 Å². The van der Waals surface area contributed by atoms with Gasteiger partial charge >= 0.3 is 0 Å². The monoisotopic (exact) mass is 341 g/mol. The van der Waals surface area contributed by atoms with Crippen molar-refractivity contribution in [2.24, 2.45) is 0 Å². The SMILES string of the molecule is CCc1ccc(Nc2cc(C)nc(NCCN3CCOCC3)n2)cc1. The highest BCUT2D eigenvalue weighted by Gasteiger charge is 2.10. The second-order valence-electron chi connectivity index (χ2n) is 6.27. The number of nitrogens with one attached hydrogen (secondary N) is 2. The maximum Gasteiger partial charge on any atom is 0.224 e. The summed E-state index contributed by atoms with van der Waals surface area (Å²) in [5, 5.41) is 6.69. The molecule has 1 aromatic heterocycles. The van der Waals surface area contributed by atoms with E-state index in [0.29, 0.717) is 5.95 Å². The van der Waals surface area contributed by atoms with Gasteiger partial charge in [0.1, 0.15) is 5.82 Å². The van der Waals surface area contributed by atoms with Gasteiger partial charge in [-0.25, -0.2) is 4.98 Å². The van der Waals surface area contributed by atoms with Gasteiger partial charge in [0.2, 0.25) is 5.95 Å². The third-order valence-corrected chi connectivity index (χ3v) is 4.30. The van der Waals surface area contributed by atoms with Crippen molar-refractivity contribution in [3.63, 3.8) is 0 Å². The van der Waals surface area contributed by atoms with E-state index in [1.54, 1.807) is 0 Å². The number of morpholine rings is 1. The summed E-state index contributed by atoms with van der Waals surface area (Å²) < 4.78 is 5.37. The van der Waals surface area contributed by atoms with Crippen LogP contribution in [0.25, 0.3) is 0 Å². The summed E-state index contributed by atoms with van der Waals surface area (Å²) in [5.41, 5.74) is 3.31. The Morgan fingerprint density at radius 3 is 2.60 bits per heavy atom. The van der Waals surface area contributed by atoms with Crippen molar-refractivity contribution < 1.29 is 4.74 Å². The quantitative estimate of drug-likeness (QED) is 0.807. The molecule has 0 radical (unpaired) electrons. The molecule has 1 aliphatic rings. The Kier molecular flexibility index (Phi) is 6.19. The first kappa shape index (κ1) is 17.6. The smallest absolute Gasteiger partial charge is 0.224 e. The molecule has 0 amide bonds. The molecule has 0 atom stereocenters. The van der Waals surface area contributed by atoms with Crippen molar-refractivity contribution in [3.8, 4) is 0 Å². The fourth-order valence-corrected chi connectivity index (χ4v) is 2.83. The van der Waals surface area contributed by atoms with Crippen LogP contribution in [0, 0.1) is 6.92 Å². The fraction of sp³-hybridized carbons (Fsp3) is 0.474. The van der Waals surface area contributed by atoms with Crippen LogP contribution in [0.1, 0.15) is 18.2 Å². The molecule has 1 aromatic carbocycles. The molecular weight excluding hydrogens is 314 g/mol. The predicted molar refractivity (Wildman–Crippen MR) is 102 cm³/mol. The van der Waals surface area contributed by atoms with Crippen molar-refractivity contribution in [1.29, 1.82) is 0 Å². The van der Waals surface area contributed by atoms with E-state index in [0.717, 1.165) is 63.0 Å². The summed E-state index contributed by atoms with van der Waals surface area (Å²) in [5.74, 6) is 1.48. The number of aromatic nitrogens is 2.